The zero-order valence-corrected chi connectivity index (χ0v) is 10.6. The van der Waals surface area contributed by atoms with Gasteiger partial charge in [-0.05, 0) is 22.9 Å². The molecule has 0 spiro atoms. The van der Waals surface area contributed by atoms with Gasteiger partial charge in [0, 0.05) is 0 Å². The third kappa shape index (κ3) is 2.61. The Bertz CT molecular complexity index is 770. The van der Waals surface area contributed by atoms with Gasteiger partial charge in [-0.15, -0.1) is 0 Å². The molecule has 0 atom stereocenters. The molecular weight excluding hydrogens is 294 g/mol. The number of hydrogen-bond acceptors (Lipinski definition) is 5. The number of esters is 1. The molecule has 2 rings (SSSR count). The SMILES string of the molecule is O=C(Oc1ccc2ccccc2c1)C(F)(F)S(=O)(=O)[O-]. The molecule has 2 aromatic carbocycles. The largest absolute Gasteiger partial charge is 0.743 e. The molecule has 5 nitrogen and oxygen atoms in total. The first-order chi connectivity index (χ1) is 9.22. The van der Waals surface area contributed by atoms with Gasteiger partial charge >= 0.3 is 11.2 Å². The van der Waals surface area contributed by atoms with E-state index in [2.05, 4.69) is 4.74 Å². The summed E-state index contributed by atoms with van der Waals surface area (Å²) in [6.45, 7) is 0. The maximum absolute atomic E-state index is 12.9. The first-order valence-electron chi connectivity index (χ1n) is 5.26. The molecule has 106 valence electrons. The molecule has 0 aliphatic heterocycles. The minimum atomic E-state index is -6.12. The van der Waals surface area contributed by atoms with Gasteiger partial charge in [0.1, 0.15) is 5.75 Å². The molecule has 0 bridgehead atoms. The van der Waals surface area contributed by atoms with Gasteiger partial charge in [0.2, 0.25) is 0 Å². The van der Waals surface area contributed by atoms with E-state index in [0.29, 0.717) is 5.39 Å². The highest BCUT2D eigenvalue weighted by Gasteiger charge is 2.48. The number of benzene rings is 2. The number of alkyl halides is 2. The molecule has 0 saturated heterocycles. The van der Waals surface area contributed by atoms with Crippen molar-refractivity contribution in [1.82, 2.24) is 0 Å². The standard InChI is InChI=1S/C12H8F2O5S/c13-12(14,20(16,17)18)11(15)19-10-6-5-8-3-1-2-4-9(8)7-10/h1-7H,(H,16,17,18)/p-1. The van der Waals surface area contributed by atoms with Gasteiger partial charge in [0.05, 0.1) is 0 Å². The smallest absolute Gasteiger partial charge is 0.429 e. The van der Waals surface area contributed by atoms with Crippen LogP contribution >= 0.6 is 0 Å². The summed E-state index contributed by atoms with van der Waals surface area (Å²) in [6, 6.07) is 10.8. The average molecular weight is 301 g/mol. The monoisotopic (exact) mass is 301 g/mol. The second kappa shape index (κ2) is 4.80. The fourth-order valence-electron chi connectivity index (χ4n) is 1.50. The van der Waals surface area contributed by atoms with Crippen LogP contribution in [0.4, 0.5) is 8.78 Å². The third-order valence-corrected chi connectivity index (χ3v) is 3.28. The minimum Gasteiger partial charge on any atom is -0.743 e. The van der Waals surface area contributed by atoms with E-state index in [1.54, 1.807) is 24.3 Å². The number of halogens is 2. The second-order valence-corrected chi connectivity index (χ2v) is 5.29. The lowest BCUT2D eigenvalue weighted by Crippen LogP contribution is -2.40. The zero-order valence-electron chi connectivity index (χ0n) is 9.75. The number of ether oxygens (including phenoxy) is 1. The summed E-state index contributed by atoms with van der Waals surface area (Å²) in [5.41, 5.74) is 0. The highest BCUT2D eigenvalue weighted by Crippen LogP contribution is 2.26. The Kier molecular flexibility index (Phi) is 3.45. The van der Waals surface area contributed by atoms with Gasteiger partial charge < -0.3 is 9.29 Å². The molecule has 20 heavy (non-hydrogen) atoms. The molecule has 8 heteroatoms. The van der Waals surface area contributed by atoms with Crippen molar-refractivity contribution >= 4 is 26.9 Å². The van der Waals surface area contributed by atoms with Crippen LogP contribution in [0.2, 0.25) is 0 Å². The van der Waals surface area contributed by atoms with Crippen LogP contribution in [0, 0.1) is 0 Å². The fraction of sp³-hybridized carbons (Fsp3) is 0.0833. The second-order valence-electron chi connectivity index (χ2n) is 3.87. The summed E-state index contributed by atoms with van der Waals surface area (Å²) in [6.07, 6.45) is 0. The van der Waals surface area contributed by atoms with E-state index in [4.69, 9.17) is 0 Å². The molecule has 0 N–H and O–H groups in total. The molecule has 0 aromatic heterocycles. The lowest BCUT2D eigenvalue weighted by molar-refractivity contribution is -0.151. The summed E-state index contributed by atoms with van der Waals surface area (Å²) >= 11 is 0. The van der Waals surface area contributed by atoms with Gasteiger partial charge in [-0.3, -0.25) is 0 Å². The summed E-state index contributed by atoms with van der Waals surface area (Å²) in [5, 5.41) is -3.75. The minimum absolute atomic E-state index is 0.281. The number of carbonyl (C=O) groups is 1. The predicted molar refractivity (Wildman–Crippen MR) is 64.2 cm³/mol. The lowest BCUT2D eigenvalue weighted by atomic mass is 10.1. The lowest BCUT2D eigenvalue weighted by Gasteiger charge is -2.17. The first-order valence-corrected chi connectivity index (χ1v) is 6.67. The van der Waals surface area contributed by atoms with Crippen LogP contribution in [0.1, 0.15) is 0 Å². The Labute approximate surface area is 112 Å². The summed E-state index contributed by atoms with van der Waals surface area (Å²) in [7, 11) is -6.12. The highest BCUT2D eigenvalue weighted by molar-refractivity contribution is 7.87. The summed E-state index contributed by atoms with van der Waals surface area (Å²) in [5.74, 6) is -2.71. The highest BCUT2D eigenvalue weighted by atomic mass is 32.2. The quantitative estimate of drug-likeness (QED) is 0.491. The Morgan fingerprint density at radius 3 is 2.30 bits per heavy atom. The van der Waals surface area contributed by atoms with Crippen molar-refractivity contribution in [1.29, 1.82) is 0 Å². The third-order valence-electron chi connectivity index (χ3n) is 2.48. The molecule has 2 aromatic rings. The molecular formula is C12H7F2O5S-. The number of hydrogen-bond donors (Lipinski definition) is 0. The number of fused-ring (bicyclic) bond motifs is 1. The van der Waals surface area contributed by atoms with Crippen molar-refractivity contribution in [2.24, 2.45) is 0 Å². The van der Waals surface area contributed by atoms with E-state index in [0.717, 1.165) is 5.39 Å². The van der Waals surface area contributed by atoms with Gasteiger partial charge in [0.25, 0.3) is 0 Å². The van der Waals surface area contributed by atoms with Gasteiger partial charge in [-0.1, -0.05) is 30.3 Å². The van der Waals surface area contributed by atoms with Crippen molar-refractivity contribution in [3.63, 3.8) is 0 Å². The fourth-order valence-corrected chi connectivity index (χ4v) is 1.75. The average Bonchev–Trinajstić information content (AvgIpc) is 2.37. The number of carbonyl (C=O) groups excluding carboxylic acids is 1. The van der Waals surface area contributed by atoms with Crippen LogP contribution in [0.5, 0.6) is 5.75 Å². The molecule has 0 unspecified atom stereocenters. The van der Waals surface area contributed by atoms with Gasteiger partial charge in [-0.2, -0.15) is 8.78 Å². The van der Waals surface area contributed by atoms with Crippen LogP contribution in [0.15, 0.2) is 42.5 Å². The zero-order chi connectivity index (χ0) is 15.0. The topological polar surface area (TPSA) is 83.5 Å². The van der Waals surface area contributed by atoms with Gasteiger partial charge in [-0.25, -0.2) is 13.2 Å². The molecule has 0 aliphatic carbocycles. The van der Waals surface area contributed by atoms with E-state index in [-0.39, 0.29) is 5.75 Å². The maximum Gasteiger partial charge on any atom is 0.429 e. The van der Waals surface area contributed by atoms with E-state index < -0.39 is 21.3 Å². The molecule has 0 radical (unpaired) electrons. The summed E-state index contributed by atoms with van der Waals surface area (Å²) in [4.78, 5) is 11.1. The Morgan fingerprint density at radius 1 is 1.10 bits per heavy atom. The molecule has 0 saturated carbocycles. The summed E-state index contributed by atoms with van der Waals surface area (Å²) < 4.78 is 61.0. The van der Waals surface area contributed by atoms with Crippen LogP contribution < -0.4 is 4.74 Å². The molecule has 0 fully saturated rings. The normalized spacial score (nSPS) is 12.3. The molecule has 0 aliphatic rings. The van der Waals surface area contributed by atoms with Crippen molar-refractivity contribution in [3.8, 4) is 5.75 Å². The van der Waals surface area contributed by atoms with Crippen LogP contribution in [0.25, 0.3) is 10.8 Å². The van der Waals surface area contributed by atoms with E-state index in [1.165, 1.54) is 18.2 Å². The predicted octanol–water partition coefficient (Wildman–Crippen LogP) is 1.88. The van der Waals surface area contributed by atoms with Crippen LogP contribution in [0.3, 0.4) is 0 Å². The Hall–Kier alpha value is -2.06. The van der Waals surface area contributed by atoms with Gasteiger partial charge in [0.15, 0.2) is 10.1 Å². The van der Waals surface area contributed by atoms with Crippen molar-refractivity contribution in [3.05, 3.63) is 42.5 Å². The van der Waals surface area contributed by atoms with Crippen LogP contribution in [-0.4, -0.2) is 24.2 Å². The maximum atomic E-state index is 12.9. The van der Waals surface area contributed by atoms with E-state index >= 15 is 0 Å². The number of rotatable bonds is 3. The van der Waals surface area contributed by atoms with E-state index in [1.807, 2.05) is 0 Å². The Morgan fingerprint density at radius 2 is 1.70 bits per heavy atom. The molecule has 0 heterocycles. The Balaban J connectivity index is 2.31. The first kappa shape index (κ1) is 14.4. The van der Waals surface area contributed by atoms with Crippen molar-refractivity contribution < 1.29 is 31.3 Å². The van der Waals surface area contributed by atoms with Crippen molar-refractivity contribution in [2.75, 3.05) is 0 Å². The van der Waals surface area contributed by atoms with Crippen LogP contribution in [-0.2, 0) is 14.9 Å². The van der Waals surface area contributed by atoms with Crippen molar-refractivity contribution in [2.45, 2.75) is 5.25 Å². The molecule has 0 amide bonds. The van der Waals surface area contributed by atoms with E-state index in [9.17, 15) is 26.5 Å².